The Balaban J connectivity index is 2.59. The maximum atomic E-state index is 9.74. The molecule has 0 spiro atoms. The molecule has 5 heteroatoms. The summed E-state index contributed by atoms with van der Waals surface area (Å²) >= 11 is 0. The fourth-order valence-electron chi connectivity index (χ4n) is 3.27. The molecule has 3 atom stereocenters. The van der Waals surface area contributed by atoms with Crippen molar-refractivity contribution in [2.24, 2.45) is 11.7 Å². The maximum Gasteiger partial charge on any atom is 0.199 e. The molecule has 1 rings (SSSR count). The van der Waals surface area contributed by atoms with Crippen molar-refractivity contribution in [1.29, 1.82) is 5.26 Å². The van der Waals surface area contributed by atoms with E-state index in [1.165, 1.54) is 32.1 Å². The van der Waals surface area contributed by atoms with E-state index < -0.39 is 0 Å². The third kappa shape index (κ3) is 10.9. The Kier molecular flexibility index (Phi) is 13.4. The molecule has 0 amide bonds. The molecule has 27 heavy (non-hydrogen) atoms. The Morgan fingerprint density at radius 2 is 1.70 bits per heavy atom. The van der Waals surface area contributed by atoms with Crippen LogP contribution in [0.3, 0.4) is 0 Å². The van der Waals surface area contributed by atoms with Gasteiger partial charge in [-0.3, -0.25) is 0 Å². The fraction of sp³-hybridized carbons (Fsp3) is 0.727. The number of unbranched alkanes of at least 4 members (excludes halogenated alkanes) is 5. The monoisotopic (exact) mass is 374 g/mol. The standard InChI is InChI=1S/C22H40N5/c1-3-5-7-8-10-13-21(24)17-22(26-27-15-11-9-12-16-27)20(18-23)19-25-14-6-4-2/h9,11-12,15-16,20-22,25-26H,3-8,10,13-14,17,19,24H2,1-2H3/q+1. The molecular formula is C22H40N5+. The first-order valence-corrected chi connectivity index (χ1v) is 10.8. The number of nitrogens with one attached hydrogen (secondary N) is 2. The minimum absolute atomic E-state index is 0.0298. The smallest absolute Gasteiger partial charge is 0.199 e. The molecule has 0 aliphatic heterocycles. The van der Waals surface area contributed by atoms with E-state index in [1.54, 1.807) is 0 Å². The summed E-state index contributed by atoms with van der Waals surface area (Å²) in [6.07, 6.45) is 14.4. The van der Waals surface area contributed by atoms with Crippen LogP contribution >= 0.6 is 0 Å². The van der Waals surface area contributed by atoms with Crippen molar-refractivity contribution in [1.82, 2.24) is 5.32 Å². The Morgan fingerprint density at radius 1 is 1.00 bits per heavy atom. The first kappa shape index (κ1) is 23.4. The number of pyridine rings is 1. The summed E-state index contributed by atoms with van der Waals surface area (Å²) in [7, 11) is 0. The Labute approximate surface area is 166 Å². The highest BCUT2D eigenvalue weighted by Crippen LogP contribution is 2.14. The summed E-state index contributed by atoms with van der Waals surface area (Å²) in [6, 6.07) is 8.61. The molecule has 152 valence electrons. The summed E-state index contributed by atoms with van der Waals surface area (Å²) < 4.78 is 1.94. The Hall–Kier alpha value is -1.64. The summed E-state index contributed by atoms with van der Waals surface area (Å²) in [5.41, 5.74) is 9.92. The zero-order valence-corrected chi connectivity index (χ0v) is 17.4. The van der Waals surface area contributed by atoms with Crippen LogP contribution in [0.4, 0.5) is 0 Å². The summed E-state index contributed by atoms with van der Waals surface area (Å²) in [5.74, 6) is -0.110. The van der Waals surface area contributed by atoms with Gasteiger partial charge in [0.05, 0.1) is 18.0 Å². The molecule has 0 saturated heterocycles. The van der Waals surface area contributed by atoms with Crippen molar-refractivity contribution in [3.05, 3.63) is 30.6 Å². The quantitative estimate of drug-likeness (QED) is 0.306. The van der Waals surface area contributed by atoms with Gasteiger partial charge in [0.1, 0.15) is 0 Å². The SMILES string of the molecule is CCCCCCCC(N)CC(N[n+]1ccccc1)C(C#N)CNCCCC. The van der Waals surface area contributed by atoms with Crippen LogP contribution in [-0.2, 0) is 0 Å². The first-order chi connectivity index (χ1) is 13.2. The topological polar surface area (TPSA) is 77.8 Å². The van der Waals surface area contributed by atoms with Crippen LogP contribution in [0.5, 0.6) is 0 Å². The zero-order chi connectivity index (χ0) is 19.7. The number of nitrogens with two attached hydrogens (primary N) is 1. The Morgan fingerprint density at radius 3 is 2.37 bits per heavy atom. The van der Waals surface area contributed by atoms with Crippen LogP contribution in [0.2, 0.25) is 0 Å². The number of hydrogen-bond donors (Lipinski definition) is 3. The lowest BCUT2D eigenvalue weighted by molar-refractivity contribution is -0.654. The highest BCUT2D eigenvalue weighted by atomic mass is 15.4. The summed E-state index contributed by atoms with van der Waals surface area (Å²) in [5, 5.41) is 13.2. The van der Waals surface area contributed by atoms with Gasteiger partial charge in [0.25, 0.3) is 0 Å². The van der Waals surface area contributed by atoms with Crippen LogP contribution < -0.4 is 21.2 Å². The number of hydrogen-bond acceptors (Lipinski definition) is 4. The third-order valence-corrected chi connectivity index (χ3v) is 4.99. The number of nitrogens with zero attached hydrogens (tertiary/aromatic N) is 2. The molecule has 0 aromatic carbocycles. The molecule has 3 unspecified atom stereocenters. The van der Waals surface area contributed by atoms with Crippen molar-refractivity contribution >= 4 is 0 Å². The molecule has 5 nitrogen and oxygen atoms in total. The van der Waals surface area contributed by atoms with Crippen LogP contribution in [0.15, 0.2) is 30.6 Å². The van der Waals surface area contributed by atoms with E-state index in [0.717, 1.165) is 32.2 Å². The van der Waals surface area contributed by atoms with Gasteiger partial charge >= 0.3 is 0 Å². The van der Waals surface area contributed by atoms with E-state index in [-0.39, 0.29) is 18.0 Å². The lowest BCUT2D eigenvalue weighted by Gasteiger charge is -2.24. The van der Waals surface area contributed by atoms with Crippen molar-refractivity contribution in [3.8, 4) is 6.07 Å². The van der Waals surface area contributed by atoms with E-state index in [1.807, 2.05) is 35.3 Å². The van der Waals surface area contributed by atoms with Gasteiger partial charge in [0.2, 0.25) is 0 Å². The van der Waals surface area contributed by atoms with Crippen molar-refractivity contribution in [2.45, 2.75) is 83.7 Å². The minimum Gasteiger partial charge on any atom is -0.328 e. The molecule has 4 N–H and O–H groups in total. The highest BCUT2D eigenvalue weighted by Gasteiger charge is 2.26. The largest absolute Gasteiger partial charge is 0.328 e. The van der Waals surface area contributed by atoms with Gasteiger partial charge in [-0.25, -0.2) is 0 Å². The molecule has 0 bridgehead atoms. The molecule has 0 aliphatic rings. The summed E-state index contributed by atoms with van der Waals surface area (Å²) in [6.45, 7) is 6.08. The highest BCUT2D eigenvalue weighted by molar-refractivity contribution is 4.98. The lowest BCUT2D eigenvalue weighted by Crippen LogP contribution is -2.54. The van der Waals surface area contributed by atoms with E-state index in [2.05, 4.69) is 30.7 Å². The molecule has 0 saturated carbocycles. The first-order valence-electron chi connectivity index (χ1n) is 10.8. The van der Waals surface area contributed by atoms with E-state index in [0.29, 0.717) is 6.54 Å². The lowest BCUT2D eigenvalue weighted by atomic mass is 9.93. The van der Waals surface area contributed by atoms with E-state index in [9.17, 15) is 5.26 Å². The van der Waals surface area contributed by atoms with E-state index >= 15 is 0 Å². The van der Waals surface area contributed by atoms with Crippen molar-refractivity contribution in [2.75, 3.05) is 18.5 Å². The van der Waals surface area contributed by atoms with Crippen LogP contribution in [0, 0.1) is 17.2 Å². The van der Waals surface area contributed by atoms with Crippen molar-refractivity contribution in [3.63, 3.8) is 0 Å². The average Bonchev–Trinajstić information content (AvgIpc) is 2.68. The molecule has 0 aliphatic carbocycles. The minimum atomic E-state index is -0.110. The molecule has 1 aromatic heterocycles. The predicted octanol–water partition coefficient (Wildman–Crippen LogP) is 3.49. The normalized spacial score (nSPS) is 14.3. The maximum absolute atomic E-state index is 9.74. The Bertz CT molecular complexity index is 499. The number of aromatic nitrogens is 1. The van der Waals surface area contributed by atoms with Crippen LogP contribution in [-0.4, -0.2) is 25.2 Å². The second-order valence-corrected chi connectivity index (χ2v) is 7.51. The second kappa shape index (κ2) is 15.4. The van der Waals surface area contributed by atoms with Crippen LogP contribution in [0.25, 0.3) is 0 Å². The second-order valence-electron chi connectivity index (χ2n) is 7.51. The van der Waals surface area contributed by atoms with Gasteiger partial charge in [-0.2, -0.15) is 10.7 Å². The predicted molar refractivity (Wildman–Crippen MR) is 113 cm³/mol. The van der Waals surface area contributed by atoms with Gasteiger partial charge in [0.15, 0.2) is 12.4 Å². The molecule has 0 radical (unpaired) electrons. The number of rotatable bonds is 16. The van der Waals surface area contributed by atoms with Gasteiger partial charge < -0.3 is 11.1 Å². The fourth-order valence-corrected chi connectivity index (χ4v) is 3.27. The van der Waals surface area contributed by atoms with Gasteiger partial charge in [-0.1, -0.05) is 63.1 Å². The molecule has 1 heterocycles. The van der Waals surface area contributed by atoms with Crippen LogP contribution in [0.1, 0.15) is 71.6 Å². The zero-order valence-electron chi connectivity index (χ0n) is 17.4. The van der Waals surface area contributed by atoms with Gasteiger partial charge in [0, 0.05) is 24.7 Å². The van der Waals surface area contributed by atoms with Crippen molar-refractivity contribution < 1.29 is 4.68 Å². The van der Waals surface area contributed by atoms with Gasteiger partial charge in [-0.05, 0) is 25.8 Å². The molecule has 0 fully saturated rings. The molecule has 1 aromatic rings. The number of nitriles is 1. The summed E-state index contributed by atoms with van der Waals surface area (Å²) in [4.78, 5) is 0. The van der Waals surface area contributed by atoms with Gasteiger partial charge in [-0.15, -0.1) is 0 Å². The van der Waals surface area contributed by atoms with E-state index in [4.69, 9.17) is 5.73 Å². The molecular weight excluding hydrogens is 334 g/mol. The third-order valence-electron chi connectivity index (χ3n) is 4.99. The average molecular weight is 375 g/mol.